The van der Waals surface area contributed by atoms with Crippen molar-refractivity contribution >= 4 is 11.6 Å². The van der Waals surface area contributed by atoms with Gasteiger partial charge in [-0.15, -0.1) is 0 Å². The molecule has 2 rings (SSSR count). The van der Waals surface area contributed by atoms with Gasteiger partial charge < -0.3 is 5.11 Å². The van der Waals surface area contributed by atoms with E-state index in [1.807, 2.05) is 0 Å². The Bertz CT molecular complexity index is 628. The van der Waals surface area contributed by atoms with Gasteiger partial charge in [-0.2, -0.15) is 0 Å². The molecule has 2 aromatic rings. The van der Waals surface area contributed by atoms with Crippen LogP contribution in [-0.4, -0.2) is 5.11 Å². The Hall–Kier alpha value is -1.52. The molecule has 19 heavy (non-hydrogen) atoms. The van der Waals surface area contributed by atoms with Gasteiger partial charge in [0.2, 0.25) is 0 Å². The van der Waals surface area contributed by atoms with Gasteiger partial charge in [-0.05, 0) is 24.6 Å². The highest BCUT2D eigenvalue weighted by molar-refractivity contribution is 6.31. The Morgan fingerprint density at radius 1 is 1.00 bits per heavy atom. The highest BCUT2D eigenvalue weighted by Crippen LogP contribution is 2.31. The molecule has 0 aliphatic carbocycles. The molecule has 1 atom stereocenters. The van der Waals surface area contributed by atoms with E-state index >= 15 is 0 Å². The van der Waals surface area contributed by atoms with E-state index in [4.69, 9.17) is 11.6 Å². The Morgan fingerprint density at radius 2 is 1.63 bits per heavy atom. The van der Waals surface area contributed by atoms with Gasteiger partial charge in [0, 0.05) is 16.1 Å². The van der Waals surface area contributed by atoms with Gasteiger partial charge in [0.25, 0.3) is 0 Å². The van der Waals surface area contributed by atoms with Gasteiger partial charge in [0.05, 0.1) is 0 Å². The van der Waals surface area contributed by atoms with Crippen molar-refractivity contribution in [2.24, 2.45) is 0 Å². The number of aliphatic hydroxyl groups is 1. The van der Waals surface area contributed by atoms with E-state index in [0.717, 1.165) is 12.1 Å². The molecule has 100 valence electrons. The summed E-state index contributed by atoms with van der Waals surface area (Å²) in [7, 11) is 0. The van der Waals surface area contributed by atoms with Gasteiger partial charge >= 0.3 is 0 Å². The summed E-state index contributed by atoms with van der Waals surface area (Å²) in [5.74, 6) is -2.72. The number of halogens is 4. The van der Waals surface area contributed by atoms with Crippen molar-refractivity contribution in [1.29, 1.82) is 0 Å². The van der Waals surface area contributed by atoms with Crippen LogP contribution in [0.25, 0.3) is 0 Å². The molecule has 1 N–H and O–H groups in total. The SMILES string of the molecule is Cc1ccc(C(O)c2ccc(F)cc2Cl)c(F)c1F. The maximum Gasteiger partial charge on any atom is 0.165 e. The van der Waals surface area contributed by atoms with Gasteiger partial charge in [-0.1, -0.05) is 29.8 Å². The molecule has 0 amide bonds. The molecular formula is C14H10ClF3O. The minimum Gasteiger partial charge on any atom is -0.383 e. The molecule has 0 radical (unpaired) electrons. The third-order valence-corrected chi connectivity index (χ3v) is 3.18. The normalized spacial score (nSPS) is 12.5. The molecule has 0 saturated carbocycles. The second-order valence-corrected chi connectivity index (χ2v) is 4.58. The lowest BCUT2D eigenvalue weighted by molar-refractivity contribution is 0.213. The number of hydrogen-bond donors (Lipinski definition) is 1. The third kappa shape index (κ3) is 2.60. The van der Waals surface area contributed by atoms with Crippen molar-refractivity contribution in [2.75, 3.05) is 0 Å². The summed E-state index contributed by atoms with van der Waals surface area (Å²) in [5, 5.41) is 10.00. The average molecular weight is 287 g/mol. The van der Waals surface area contributed by atoms with E-state index in [9.17, 15) is 18.3 Å². The molecular weight excluding hydrogens is 277 g/mol. The van der Waals surface area contributed by atoms with Crippen LogP contribution in [0.1, 0.15) is 22.8 Å². The summed E-state index contributed by atoms with van der Waals surface area (Å²) in [5.41, 5.74) is 0.0143. The fourth-order valence-electron chi connectivity index (χ4n) is 1.76. The summed E-state index contributed by atoms with van der Waals surface area (Å²) >= 11 is 5.78. The minimum atomic E-state index is -1.46. The topological polar surface area (TPSA) is 20.2 Å². The molecule has 1 unspecified atom stereocenters. The lowest BCUT2D eigenvalue weighted by Gasteiger charge is -2.15. The largest absolute Gasteiger partial charge is 0.383 e. The quantitative estimate of drug-likeness (QED) is 0.879. The molecule has 0 aromatic heterocycles. The molecule has 0 aliphatic heterocycles. The van der Waals surface area contributed by atoms with Crippen LogP contribution in [-0.2, 0) is 0 Å². The first-order valence-electron chi connectivity index (χ1n) is 5.49. The predicted molar refractivity (Wildman–Crippen MR) is 66.6 cm³/mol. The van der Waals surface area contributed by atoms with Gasteiger partial charge in [-0.3, -0.25) is 0 Å². The van der Waals surface area contributed by atoms with Gasteiger partial charge in [0.15, 0.2) is 11.6 Å². The van der Waals surface area contributed by atoms with Crippen LogP contribution in [0.15, 0.2) is 30.3 Å². The van der Waals surface area contributed by atoms with E-state index < -0.39 is 23.6 Å². The molecule has 1 nitrogen and oxygen atoms in total. The fourth-order valence-corrected chi connectivity index (χ4v) is 2.03. The molecule has 0 fully saturated rings. The highest BCUT2D eigenvalue weighted by Gasteiger charge is 2.21. The van der Waals surface area contributed by atoms with Crippen LogP contribution >= 0.6 is 11.6 Å². The molecule has 5 heteroatoms. The molecule has 0 spiro atoms. The summed E-state index contributed by atoms with van der Waals surface area (Å²) in [4.78, 5) is 0. The molecule has 0 saturated heterocycles. The van der Waals surface area contributed by atoms with Crippen LogP contribution in [0.3, 0.4) is 0 Å². The van der Waals surface area contributed by atoms with Crippen LogP contribution in [0.4, 0.5) is 13.2 Å². The maximum atomic E-state index is 13.8. The molecule has 0 bridgehead atoms. The first-order valence-corrected chi connectivity index (χ1v) is 5.87. The molecule has 0 aliphatic rings. The summed E-state index contributed by atoms with van der Waals surface area (Å²) in [6.45, 7) is 1.42. The molecule has 0 heterocycles. The summed E-state index contributed by atoms with van der Waals surface area (Å²) in [6, 6.07) is 5.96. The number of aliphatic hydroxyl groups excluding tert-OH is 1. The Morgan fingerprint density at radius 3 is 2.26 bits per heavy atom. The number of aryl methyl sites for hydroxylation is 1. The Balaban J connectivity index is 2.50. The van der Waals surface area contributed by atoms with Crippen molar-refractivity contribution in [2.45, 2.75) is 13.0 Å². The van der Waals surface area contributed by atoms with Crippen molar-refractivity contribution in [3.63, 3.8) is 0 Å². The number of benzene rings is 2. The van der Waals surface area contributed by atoms with E-state index in [2.05, 4.69) is 0 Å². The first-order chi connectivity index (χ1) is 8.91. The third-order valence-electron chi connectivity index (χ3n) is 2.86. The minimum absolute atomic E-state index is 0.0483. The van der Waals surface area contributed by atoms with E-state index in [0.29, 0.717) is 0 Å². The zero-order valence-corrected chi connectivity index (χ0v) is 10.7. The van der Waals surface area contributed by atoms with Crippen LogP contribution in [0, 0.1) is 24.4 Å². The van der Waals surface area contributed by atoms with Crippen molar-refractivity contribution in [1.82, 2.24) is 0 Å². The lowest BCUT2D eigenvalue weighted by Crippen LogP contribution is -2.06. The number of rotatable bonds is 2. The number of hydrogen-bond acceptors (Lipinski definition) is 1. The zero-order chi connectivity index (χ0) is 14.2. The van der Waals surface area contributed by atoms with Crippen LogP contribution in [0.5, 0.6) is 0 Å². The van der Waals surface area contributed by atoms with Gasteiger partial charge in [-0.25, -0.2) is 13.2 Å². The first kappa shape index (κ1) is 13.9. The summed E-state index contributed by atoms with van der Waals surface area (Å²) < 4.78 is 40.1. The zero-order valence-electron chi connectivity index (χ0n) is 9.92. The van der Waals surface area contributed by atoms with Crippen LogP contribution in [0.2, 0.25) is 5.02 Å². The molecule has 2 aromatic carbocycles. The average Bonchev–Trinajstić information content (AvgIpc) is 2.35. The summed E-state index contributed by atoms with van der Waals surface area (Å²) in [6.07, 6.45) is -1.46. The van der Waals surface area contributed by atoms with Crippen LogP contribution < -0.4 is 0 Å². The van der Waals surface area contributed by atoms with Crippen molar-refractivity contribution in [3.8, 4) is 0 Å². The monoisotopic (exact) mass is 286 g/mol. The smallest absolute Gasteiger partial charge is 0.165 e. The van der Waals surface area contributed by atoms with E-state index in [1.165, 1.54) is 25.1 Å². The fraction of sp³-hybridized carbons (Fsp3) is 0.143. The van der Waals surface area contributed by atoms with E-state index in [-0.39, 0.29) is 21.7 Å². The highest BCUT2D eigenvalue weighted by atomic mass is 35.5. The Kier molecular flexibility index (Phi) is 3.83. The van der Waals surface area contributed by atoms with Gasteiger partial charge in [0.1, 0.15) is 11.9 Å². The van der Waals surface area contributed by atoms with E-state index in [1.54, 1.807) is 0 Å². The second-order valence-electron chi connectivity index (χ2n) is 4.17. The standard InChI is InChI=1S/C14H10ClF3O/c1-7-2-4-10(13(18)12(7)17)14(19)9-5-3-8(16)6-11(9)15/h2-6,14,19H,1H3. The maximum absolute atomic E-state index is 13.8. The van der Waals surface area contributed by atoms with Crippen molar-refractivity contribution in [3.05, 3.63) is 69.5 Å². The van der Waals surface area contributed by atoms with Crippen molar-refractivity contribution < 1.29 is 18.3 Å². The lowest BCUT2D eigenvalue weighted by atomic mass is 9.99. The second kappa shape index (κ2) is 5.23. The predicted octanol–water partition coefficient (Wildman–Crippen LogP) is 4.15. The Labute approximate surface area is 113 Å².